The highest BCUT2D eigenvalue weighted by Crippen LogP contribution is 2.54. The van der Waals surface area contributed by atoms with Crippen LogP contribution in [0.4, 0.5) is 4.39 Å². The van der Waals surface area contributed by atoms with Crippen LogP contribution in [-0.4, -0.2) is 24.5 Å². The Kier molecular flexibility index (Phi) is 4.51. The monoisotopic (exact) mass is 347 g/mol. The number of nitrogens with zero attached hydrogens (tertiary/aromatic N) is 4. The minimum absolute atomic E-state index is 0.0781. The van der Waals surface area contributed by atoms with Crippen molar-refractivity contribution < 1.29 is 4.39 Å². The summed E-state index contributed by atoms with van der Waals surface area (Å²) >= 11 is 0. The Morgan fingerprint density at radius 3 is 2.54 bits per heavy atom. The van der Waals surface area contributed by atoms with Gasteiger partial charge in [0, 0.05) is 24.9 Å². The normalized spacial score (nSPS) is 24.7. The third-order valence-electron chi connectivity index (χ3n) is 5.43. The predicted octanol–water partition coefficient (Wildman–Crippen LogP) is 2.57. The first-order valence-corrected chi connectivity index (χ1v) is 8.44. The molecule has 26 heavy (non-hydrogen) atoms. The van der Waals surface area contributed by atoms with Gasteiger partial charge in [0.2, 0.25) is 0 Å². The van der Waals surface area contributed by atoms with Crippen molar-refractivity contribution in [1.29, 1.82) is 15.8 Å². The quantitative estimate of drug-likeness (QED) is 0.886. The molecule has 2 N–H and O–H groups in total. The highest BCUT2D eigenvalue weighted by molar-refractivity contribution is 5.59. The molecule has 2 aliphatic rings. The molecule has 6 heteroatoms. The fraction of sp³-hybridized carbons (Fsp3) is 0.350. The van der Waals surface area contributed by atoms with Crippen LogP contribution in [0.5, 0.6) is 0 Å². The molecule has 2 atom stereocenters. The minimum atomic E-state index is -1.79. The maximum atomic E-state index is 14.7. The van der Waals surface area contributed by atoms with Crippen molar-refractivity contribution in [2.75, 3.05) is 19.6 Å². The highest BCUT2D eigenvalue weighted by atomic mass is 19.1. The van der Waals surface area contributed by atoms with Gasteiger partial charge < -0.3 is 5.73 Å². The standard InChI is InChI=1S/C20H18FN5/c1-2-26-8-7-13-15(9-22)19(25)20(11-23,12-24)18(16(13)10-26)14-5-3-4-6-17(14)21/h3-7,16,18H,2,8,10,25H2,1H3/t16?,18-/m1/s1. The van der Waals surface area contributed by atoms with Crippen molar-refractivity contribution in [3.8, 4) is 18.2 Å². The second-order valence-electron chi connectivity index (χ2n) is 6.55. The fourth-order valence-corrected chi connectivity index (χ4v) is 4.07. The van der Waals surface area contributed by atoms with E-state index in [0.717, 1.165) is 6.54 Å². The molecule has 1 aliphatic carbocycles. The maximum absolute atomic E-state index is 14.7. The summed E-state index contributed by atoms with van der Waals surface area (Å²) in [5, 5.41) is 29.4. The third-order valence-corrected chi connectivity index (χ3v) is 5.43. The summed E-state index contributed by atoms with van der Waals surface area (Å²) in [6.07, 6.45) is 1.91. The highest BCUT2D eigenvalue weighted by Gasteiger charge is 2.55. The Morgan fingerprint density at radius 1 is 1.27 bits per heavy atom. The zero-order valence-corrected chi connectivity index (χ0v) is 14.4. The van der Waals surface area contributed by atoms with Crippen LogP contribution < -0.4 is 5.73 Å². The van der Waals surface area contributed by atoms with Gasteiger partial charge in [-0.05, 0) is 23.7 Å². The Balaban J connectivity index is 2.34. The average Bonchev–Trinajstić information content (AvgIpc) is 2.67. The first-order chi connectivity index (χ1) is 12.5. The molecule has 0 aromatic heterocycles. The van der Waals surface area contributed by atoms with Crippen LogP contribution in [0.3, 0.4) is 0 Å². The van der Waals surface area contributed by atoms with Gasteiger partial charge in [-0.2, -0.15) is 15.8 Å². The molecule has 0 fully saturated rings. The molecule has 0 saturated heterocycles. The molecule has 1 unspecified atom stereocenters. The Hall–Kier alpha value is -3.14. The van der Waals surface area contributed by atoms with Crippen molar-refractivity contribution in [3.63, 3.8) is 0 Å². The summed E-state index contributed by atoms with van der Waals surface area (Å²) in [6.45, 7) is 3.97. The molecule has 0 radical (unpaired) electrons. The number of likely N-dealkylation sites (N-methyl/N-ethyl adjacent to an activating group) is 1. The second-order valence-corrected chi connectivity index (χ2v) is 6.55. The second kappa shape index (κ2) is 6.64. The zero-order chi connectivity index (χ0) is 18.9. The van der Waals surface area contributed by atoms with Crippen LogP contribution in [0, 0.1) is 51.1 Å². The van der Waals surface area contributed by atoms with Gasteiger partial charge in [-0.15, -0.1) is 0 Å². The van der Waals surface area contributed by atoms with E-state index in [-0.39, 0.29) is 22.8 Å². The molecule has 0 bridgehead atoms. The average molecular weight is 347 g/mol. The number of nitriles is 3. The van der Waals surface area contributed by atoms with E-state index in [1.165, 1.54) is 6.07 Å². The van der Waals surface area contributed by atoms with Crippen LogP contribution in [0.25, 0.3) is 0 Å². The maximum Gasteiger partial charge on any atom is 0.191 e. The number of rotatable bonds is 2. The predicted molar refractivity (Wildman–Crippen MR) is 93.3 cm³/mol. The lowest BCUT2D eigenvalue weighted by atomic mass is 9.58. The Morgan fingerprint density at radius 2 is 1.96 bits per heavy atom. The molecule has 1 heterocycles. The largest absolute Gasteiger partial charge is 0.399 e. The van der Waals surface area contributed by atoms with Gasteiger partial charge in [-0.1, -0.05) is 31.2 Å². The van der Waals surface area contributed by atoms with Crippen LogP contribution in [0.1, 0.15) is 18.4 Å². The van der Waals surface area contributed by atoms with E-state index >= 15 is 0 Å². The van der Waals surface area contributed by atoms with E-state index in [9.17, 15) is 20.2 Å². The van der Waals surface area contributed by atoms with Gasteiger partial charge in [0.25, 0.3) is 0 Å². The van der Waals surface area contributed by atoms with Crippen molar-refractivity contribution in [1.82, 2.24) is 4.90 Å². The molecule has 130 valence electrons. The molecule has 5 nitrogen and oxygen atoms in total. The lowest BCUT2D eigenvalue weighted by Crippen LogP contribution is -2.48. The molecule has 0 spiro atoms. The summed E-state index contributed by atoms with van der Waals surface area (Å²) in [4.78, 5) is 2.14. The number of allylic oxidation sites excluding steroid dienone is 2. The number of benzene rings is 1. The fourth-order valence-electron chi connectivity index (χ4n) is 4.07. The summed E-state index contributed by atoms with van der Waals surface area (Å²) in [5.74, 6) is -1.62. The van der Waals surface area contributed by atoms with E-state index < -0.39 is 17.2 Å². The minimum Gasteiger partial charge on any atom is -0.399 e. The van der Waals surface area contributed by atoms with E-state index in [1.54, 1.807) is 18.2 Å². The molecular formula is C20H18FN5. The molecule has 0 saturated carbocycles. The third kappa shape index (κ3) is 2.37. The lowest BCUT2D eigenvalue weighted by molar-refractivity contribution is 0.212. The number of fused-ring (bicyclic) bond motifs is 1. The molecule has 0 amide bonds. The van der Waals surface area contributed by atoms with Gasteiger partial charge >= 0.3 is 0 Å². The van der Waals surface area contributed by atoms with Crippen LogP contribution in [0.2, 0.25) is 0 Å². The topological polar surface area (TPSA) is 101 Å². The van der Waals surface area contributed by atoms with Crippen LogP contribution in [-0.2, 0) is 0 Å². The van der Waals surface area contributed by atoms with Crippen molar-refractivity contribution >= 4 is 0 Å². The summed E-state index contributed by atoms with van der Waals surface area (Å²) in [6, 6.07) is 12.3. The summed E-state index contributed by atoms with van der Waals surface area (Å²) in [7, 11) is 0. The Bertz CT molecular complexity index is 911. The molecule has 1 aromatic rings. The number of hydrogen-bond donors (Lipinski definition) is 1. The first-order valence-electron chi connectivity index (χ1n) is 8.44. The SMILES string of the molecule is CCN1CC=C2C(C#N)=C(N)C(C#N)(C#N)[C@H](c3ccccc3F)C2C1. The lowest BCUT2D eigenvalue weighted by Gasteiger charge is -2.45. The summed E-state index contributed by atoms with van der Waals surface area (Å²) < 4.78 is 14.7. The van der Waals surface area contributed by atoms with Gasteiger partial charge in [0.1, 0.15) is 11.9 Å². The van der Waals surface area contributed by atoms with Gasteiger partial charge in [0.05, 0.1) is 23.4 Å². The number of hydrogen-bond acceptors (Lipinski definition) is 5. The molecule has 1 aromatic carbocycles. The van der Waals surface area contributed by atoms with E-state index in [2.05, 4.69) is 11.0 Å². The van der Waals surface area contributed by atoms with Crippen molar-refractivity contribution in [2.24, 2.45) is 17.1 Å². The van der Waals surface area contributed by atoms with Crippen molar-refractivity contribution in [2.45, 2.75) is 12.8 Å². The zero-order valence-electron chi connectivity index (χ0n) is 14.4. The first kappa shape index (κ1) is 17.7. The van der Waals surface area contributed by atoms with Gasteiger partial charge in [-0.3, -0.25) is 4.90 Å². The smallest absolute Gasteiger partial charge is 0.191 e. The summed E-state index contributed by atoms with van der Waals surface area (Å²) in [5.41, 5.74) is 5.49. The molecular weight excluding hydrogens is 329 g/mol. The van der Waals surface area contributed by atoms with Gasteiger partial charge in [-0.25, -0.2) is 4.39 Å². The van der Waals surface area contributed by atoms with E-state index in [1.807, 2.05) is 25.1 Å². The molecule has 3 rings (SSSR count). The van der Waals surface area contributed by atoms with E-state index in [0.29, 0.717) is 18.7 Å². The molecule has 1 aliphatic heterocycles. The Labute approximate surface area is 152 Å². The van der Waals surface area contributed by atoms with Crippen molar-refractivity contribution in [3.05, 3.63) is 58.6 Å². The van der Waals surface area contributed by atoms with Gasteiger partial charge in [0.15, 0.2) is 5.41 Å². The van der Waals surface area contributed by atoms with E-state index in [4.69, 9.17) is 5.73 Å². The number of nitrogens with two attached hydrogens (primary N) is 1. The van der Waals surface area contributed by atoms with Crippen LogP contribution in [0.15, 0.2) is 47.2 Å². The number of halogens is 1. The van der Waals surface area contributed by atoms with Crippen LogP contribution >= 0.6 is 0 Å².